The number of benzene rings is 1. The average molecular weight is 194 g/mol. The summed E-state index contributed by atoms with van der Waals surface area (Å²) in [6.07, 6.45) is 0. The molecule has 1 aromatic rings. The van der Waals surface area contributed by atoms with Gasteiger partial charge in [-0.05, 0) is 33.2 Å². The third kappa shape index (κ3) is 3.83. The fraction of sp³-hybridized carbons (Fsp3) is 0.455. The normalized spacial score (nSPS) is 13.2. The van der Waals surface area contributed by atoms with E-state index in [0.717, 1.165) is 5.75 Å². The van der Waals surface area contributed by atoms with Crippen LogP contribution in [0.2, 0.25) is 0 Å². The quantitative estimate of drug-likeness (QED) is 0.678. The molecule has 13 heavy (non-hydrogen) atoms. The number of hydrogen-bond donors (Lipinski definition) is 0. The summed E-state index contributed by atoms with van der Waals surface area (Å²) >= 11 is 1.86. The van der Waals surface area contributed by atoms with E-state index in [9.17, 15) is 0 Å². The highest BCUT2D eigenvalue weighted by atomic mass is 32.2. The summed E-state index contributed by atoms with van der Waals surface area (Å²) < 4.78 is 0. The Bertz CT molecular complexity index is 233. The SMILES string of the molecule is CC(CSc1[c]cccc1)N(C)C. The maximum Gasteiger partial charge on any atom is 0.0155 e. The first kappa shape index (κ1) is 10.6. The highest BCUT2D eigenvalue weighted by Crippen LogP contribution is 2.18. The minimum Gasteiger partial charge on any atom is -0.306 e. The van der Waals surface area contributed by atoms with E-state index in [1.54, 1.807) is 0 Å². The molecule has 0 saturated heterocycles. The molecule has 0 N–H and O–H groups in total. The van der Waals surface area contributed by atoms with Crippen LogP contribution in [0.4, 0.5) is 0 Å². The van der Waals surface area contributed by atoms with Gasteiger partial charge in [-0.3, -0.25) is 0 Å². The predicted molar refractivity (Wildman–Crippen MR) is 59.2 cm³/mol. The van der Waals surface area contributed by atoms with Crippen molar-refractivity contribution >= 4 is 11.8 Å². The van der Waals surface area contributed by atoms with Crippen LogP contribution >= 0.6 is 11.8 Å². The Morgan fingerprint density at radius 1 is 1.46 bits per heavy atom. The minimum atomic E-state index is 0.610. The lowest BCUT2D eigenvalue weighted by atomic mass is 10.4. The lowest BCUT2D eigenvalue weighted by Crippen LogP contribution is -2.26. The van der Waals surface area contributed by atoms with Crippen molar-refractivity contribution in [1.29, 1.82) is 0 Å². The first-order valence-electron chi connectivity index (χ1n) is 4.46. The van der Waals surface area contributed by atoms with Crippen LogP contribution in [-0.2, 0) is 0 Å². The Morgan fingerprint density at radius 3 is 2.77 bits per heavy atom. The second-order valence-electron chi connectivity index (χ2n) is 3.35. The topological polar surface area (TPSA) is 3.24 Å². The zero-order valence-electron chi connectivity index (χ0n) is 8.45. The van der Waals surface area contributed by atoms with Gasteiger partial charge in [0.25, 0.3) is 0 Å². The van der Waals surface area contributed by atoms with Gasteiger partial charge in [-0.15, -0.1) is 11.8 Å². The molecule has 0 aromatic heterocycles. The molecule has 71 valence electrons. The highest BCUT2D eigenvalue weighted by molar-refractivity contribution is 7.99. The van der Waals surface area contributed by atoms with E-state index in [1.165, 1.54) is 4.90 Å². The van der Waals surface area contributed by atoms with E-state index in [0.29, 0.717) is 6.04 Å². The Kier molecular flexibility index (Phi) is 4.33. The van der Waals surface area contributed by atoms with Gasteiger partial charge in [-0.2, -0.15) is 0 Å². The third-order valence-corrected chi connectivity index (χ3v) is 3.26. The van der Waals surface area contributed by atoms with Crippen LogP contribution < -0.4 is 0 Å². The van der Waals surface area contributed by atoms with Gasteiger partial charge in [-0.25, -0.2) is 0 Å². The van der Waals surface area contributed by atoms with E-state index in [-0.39, 0.29) is 0 Å². The number of rotatable bonds is 4. The first-order chi connectivity index (χ1) is 6.20. The zero-order valence-corrected chi connectivity index (χ0v) is 9.27. The van der Waals surface area contributed by atoms with Crippen LogP contribution in [-0.4, -0.2) is 30.8 Å². The van der Waals surface area contributed by atoms with Crippen molar-refractivity contribution in [3.63, 3.8) is 0 Å². The fourth-order valence-corrected chi connectivity index (χ4v) is 1.87. The maximum atomic E-state index is 3.21. The number of hydrogen-bond acceptors (Lipinski definition) is 2. The summed E-state index contributed by atoms with van der Waals surface area (Å²) in [6, 6.07) is 11.9. The van der Waals surface area contributed by atoms with Crippen LogP contribution in [0, 0.1) is 6.07 Å². The van der Waals surface area contributed by atoms with Gasteiger partial charge in [0.1, 0.15) is 0 Å². The Hall–Kier alpha value is -0.470. The largest absolute Gasteiger partial charge is 0.306 e. The van der Waals surface area contributed by atoms with Gasteiger partial charge in [0, 0.05) is 16.7 Å². The first-order valence-corrected chi connectivity index (χ1v) is 5.44. The molecule has 2 heteroatoms. The molecular weight excluding hydrogens is 178 g/mol. The van der Waals surface area contributed by atoms with E-state index < -0.39 is 0 Å². The van der Waals surface area contributed by atoms with Crippen LogP contribution in [0.5, 0.6) is 0 Å². The van der Waals surface area contributed by atoms with Crippen molar-refractivity contribution in [3.8, 4) is 0 Å². The molecule has 1 atom stereocenters. The molecule has 0 fully saturated rings. The molecule has 0 heterocycles. The zero-order chi connectivity index (χ0) is 9.68. The summed E-state index contributed by atoms with van der Waals surface area (Å²) in [5.74, 6) is 1.12. The van der Waals surface area contributed by atoms with Crippen LogP contribution in [0.25, 0.3) is 0 Å². The number of thioether (sulfide) groups is 1. The molecule has 0 aliphatic rings. The van der Waals surface area contributed by atoms with E-state index in [2.05, 4.69) is 44.1 Å². The van der Waals surface area contributed by atoms with Crippen molar-refractivity contribution in [2.24, 2.45) is 0 Å². The second kappa shape index (κ2) is 5.30. The molecule has 0 saturated carbocycles. The molecule has 0 aliphatic carbocycles. The second-order valence-corrected chi connectivity index (χ2v) is 4.41. The number of nitrogens with zero attached hydrogens (tertiary/aromatic N) is 1. The van der Waals surface area contributed by atoms with Crippen molar-refractivity contribution in [2.45, 2.75) is 17.9 Å². The lowest BCUT2D eigenvalue weighted by molar-refractivity contribution is 0.340. The standard InChI is InChI=1S/C11H16NS/c1-10(12(2)3)9-13-11-7-5-4-6-8-11/h4-7,10H,9H2,1-3H3. The van der Waals surface area contributed by atoms with Crippen LogP contribution in [0.1, 0.15) is 6.92 Å². The Morgan fingerprint density at radius 2 is 2.23 bits per heavy atom. The summed E-state index contributed by atoms with van der Waals surface area (Å²) in [5, 5.41) is 0. The monoisotopic (exact) mass is 194 g/mol. The fourth-order valence-electron chi connectivity index (χ4n) is 0.826. The third-order valence-electron chi connectivity index (χ3n) is 2.04. The summed E-state index contributed by atoms with van der Waals surface area (Å²) in [5.41, 5.74) is 0. The van der Waals surface area contributed by atoms with E-state index in [4.69, 9.17) is 0 Å². The summed E-state index contributed by atoms with van der Waals surface area (Å²) in [6.45, 7) is 2.23. The summed E-state index contributed by atoms with van der Waals surface area (Å²) in [4.78, 5) is 3.46. The molecular formula is C11H16NS. The minimum absolute atomic E-state index is 0.610. The van der Waals surface area contributed by atoms with Crippen molar-refractivity contribution < 1.29 is 0 Å². The van der Waals surface area contributed by atoms with Crippen LogP contribution in [0.15, 0.2) is 29.2 Å². The van der Waals surface area contributed by atoms with Gasteiger partial charge in [0.2, 0.25) is 0 Å². The predicted octanol–water partition coefficient (Wildman–Crippen LogP) is 2.53. The van der Waals surface area contributed by atoms with Gasteiger partial charge < -0.3 is 4.90 Å². The molecule has 0 spiro atoms. The van der Waals surface area contributed by atoms with Crippen molar-refractivity contribution in [3.05, 3.63) is 30.3 Å². The van der Waals surface area contributed by atoms with E-state index in [1.807, 2.05) is 23.9 Å². The Balaban J connectivity index is 2.35. The van der Waals surface area contributed by atoms with Crippen LogP contribution in [0.3, 0.4) is 0 Å². The van der Waals surface area contributed by atoms with Gasteiger partial charge in [-0.1, -0.05) is 18.2 Å². The molecule has 1 radical (unpaired) electrons. The molecule has 1 rings (SSSR count). The maximum absolute atomic E-state index is 3.21. The molecule has 0 bridgehead atoms. The average Bonchev–Trinajstić information content (AvgIpc) is 2.15. The summed E-state index contributed by atoms with van der Waals surface area (Å²) in [7, 11) is 4.22. The van der Waals surface area contributed by atoms with E-state index >= 15 is 0 Å². The van der Waals surface area contributed by atoms with Gasteiger partial charge >= 0.3 is 0 Å². The van der Waals surface area contributed by atoms with Crippen molar-refractivity contribution in [1.82, 2.24) is 4.90 Å². The molecule has 1 unspecified atom stereocenters. The molecule has 1 aromatic carbocycles. The smallest absolute Gasteiger partial charge is 0.0155 e. The lowest BCUT2D eigenvalue weighted by Gasteiger charge is -2.18. The van der Waals surface area contributed by atoms with Crippen molar-refractivity contribution in [2.75, 3.05) is 19.8 Å². The Labute approximate surface area is 85.1 Å². The van der Waals surface area contributed by atoms with Gasteiger partial charge in [0.15, 0.2) is 0 Å². The molecule has 1 nitrogen and oxygen atoms in total. The highest BCUT2D eigenvalue weighted by Gasteiger charge is 2.04. The molecule has 0 aliphatic heterocycles. The molecule has 0 amide bonds. The van der Waals surface area contributed by atoms with Gasteiger partial charge in [0.05, 0.1) is 0 Å².